The zero-order chi connectivity index (χ0) is 13.1. The van der Waals surface area contributed by atoms with Crippen LogP contribution < -0.4 is 5.32 Å². The predicted octanol–water partition coefficient (Wildman–Crippen LogP) is 2.40. The topological polar surface area (TPSA) is 66.7 Å². The molecule has 0 aromatic carbocycles. The van der Waals surface area contributed by atoms with Gasteiger partial charge in [-0.15, -0.1) is 0 Å². The molecule has 0 aliphatic carbocycles. The molecule has 3 heterocycles. The number of fused-ring (bicyclic) bond motifs is 1. The molecule has 0 atom stereocenters. The summed E-state index contributed by atoms with van der Waals surface area (Å²) < 4.78 is 5.55. The van der Waals surface area contributed by atoms with E-state index in [4.69, 9.17) is 4.42 Å². The highest BCUT2D eigenvalue weighted by Gasteiger charge is 2.05. The number of pyridine rings is 1. The molecule has 3 rings (SSSR count). The highest BCUT2D eigenvalue weighted by Crippen LogP contribution is 2.15. The summed E-state index contributed by atoms with van der Waals surface area (Å²) in [5, 5.41) is 4.48. The van der Waals surface area contributed by atoms with Crippen LogP contribution in [0.15, 0.2) is 35.1 Å². The Morgan fingerprint density at radius 3 is 3.11 bits per heavy atom. The van der Waals surface area contributed by atoms with Crippen molar-refractivity contribution < 1.29 is 4.42 Å². The molecule has 19 heavy (non-hydrogen) atoms. The SMILES string of the molecule is CCc1cnc(CNCc2c[nH]c3ncccc23)o1. The molecule has 3 aromatic rings. The maximum Gasteiger partial charge on any atom is 0.208 e. The number of rotatable bonds is 5. The monoisotopic (exact) mass is 256 g/mol. The molecule has 5 heteroatoms. The first-order valence-electron chi connectivity index (χ1n) is 6.42. The van der Waals surface area contributed by atoms with Crippen molar-refractivity contribution >= 4 is 11.0 Å². The van der Waals surface area contributed by atoms with Crippen LogP contribution >= 0.6 is 0 Å². The molecule has 0 fully saturated rings. The van der Waals surface area contributed by atoms with Crippen LogP contribution in [0, 0.1) is 0 Å². The Bertz CT molecular complexity index is 671. The van der Waals surface area contributed by atoms with Crippen molar-refractivity contribution in [3.05, 3.63) is 47.9 Å². The number of aromatic nitrogens is 3. The number of H-pyrrole nitrogens is 1. The minimum atomic E-state index is 0.632. The van der Waals surface area contributed by atoms with E-state index in [0.29, 0.717) is 6.54 Å². The Kier molecular flexibility index (Phi) is 3.29. The first kappa shape index (κ1) is 11.9. The molecule has 0 radical (unpaired) electrons. The summed E-state index contributed by atoms with van der Waals surface area (Å²) in [5.41, 5.74) is 2.12. The van der Waals surface area contributed by atoms with Crippen LogP contribution in [-0.2, 0) is 19.5 Å². The summed E-state index contributed by atoms with van der Waals surface area (Å²) in [7, 11) is 0. The second kappa shape index (κ2) is 5.24. The fourth-order valence-corrected chi connectivity index (χ4v) is 2.06. The Morgan fingerprint density at radius 2 is 2.26 bits per heavy atom. The van der Waals surface area contributed by atoms with Gasteiger partial charge in [-0.2, -0.15) is 0 Å². The molecule has 98 valence electrons. The van der Waals surface area contributed by atoms with E-state index < -0.39 is 0 Å². The van der Waals surface area contributed by atoms with Crippen LogP contribution in [0.4, 0.5) is 0 Å². The van der Waals surface area contributed by atoms with Crippen LogP contribution in [0.5, 0.6) is 0 Å². The summed E-state index contributed by atoms with van der Waals surface area (Å²) in [5.74, 6) is 1.66. The zero-order valence-electron chi connectivity index (χ0n) is 10.8. The van der Waals surface area contributed by atoms with Gasteiger partial charge in [-0.05, 0) is 17.7 Å². The van der Waals surface area contributed by atoms with Gasteiger partial charge >= 0.3 is 0 Å². The lowest BCUT2D eigenvalue weighted by molar-refractivity contribution is 0.439. The lowest BCUT2D eigenvalue weighted by Crippen LogP contribution is -2.12. The first-order valence-corrected chi connectivity index (χ1v) is 6.42. The standard InChI is InChI=1S/C14H16N4O/c1-2-11-8-17-13(19-11)9-15-6-10-7-18-14-12(10)4-3-5-16-14/h3-5,7-8,15H,2,6,9H2,1H3,(H,16,18). The second-order valence-corrected chi connectivity index (χ2v) is 4.39. The third kappa shape index (κ3) is 2.51. The van der Waals surface area contributed by atoms with E-state index >= 15 is 0 Å². The number of nitrogens with one attached hydrogen (secondary N) is 2. The van der Waals surface area contributed by atoms with Gasteiger partial charge in [0.25, 0.3) is 0 Å². The Morgan fingerprint density at radius 1 is 1.32 bits per heavy atom. The van der Waals surface area contributed by atoms with Crippen molar-refractivity contribution in [1.29, 1.82) is 0 Å². The van der Waals surface area contributed by atoms with Crippen LogP contribution in [0.3, 0.4) is 0 Å². The molecule has 0 unspecified atom stereocenters. The van der Waals surface area contributed by atoms with Crippen LogP contribution in [0.2, 0.25) is 0 Å². The number of nitrogens with zero attached hydrogens (tertiary/aromatic N) is 2. The van der Waals surface area contributed by atoms with Crippen LogP contribution in [0.25, 0.3) is 11.0 Å². The Balaban J connectivity index is 1.63. The maximum absolute atomic E-state index is 5.55. The van der Waals surface area contributed by atoms with Crippen LogP contribution in [0.1, 0.15) is 24.1 Å². The molecule has 0 saturated carbocycles. The number of aromatic amines is 1. The van der Waals surface area contributed by atoms with Gasteiger partial charge in [0.05, 0.1) is 12.7 Å². The van der Waals surface area contributed by atoms with Gasteiger partial charge in [0, 0.05) is 30.7 Å². The third-order valence-corrected chi connectivity index (χ3v) is 3.08. The van der Waals surface area contributed by atoms with Gasteiger partial charge in [-0.3, -0.25) is 0 Å². The van der Waals surface area contributed by atoms with Crippen molar-refractivity contribution in [2.24, 2.45) is 0 Å². The minimum Gasteiger partial charge on any atom is -0.444 e. The molecule has 0 saturated heterocycles. The molecule has 5 nitrogen and oxygen atoms in total. The molecule has 0 aliphatic heterocycles. The van der Waals surface area contributed by atoms with Gasteiger partial charge in [0.2, 0.25) is 5.89 Å². The molecular weight excluding hydrogens is 240 g/mol. The molecular formula is C14H16N4O. The minimum absolute atomic E-state index is 0.632. The van der Waals surface area contributed by atoms with Gasteiger partial charge < -0.3 is 14.7 Å². The quantitative estimate of drug-likeness (QED) is 0.735. The molecule has 0 bridgehead atoms. The van der Waals surface area contributed by atoms with Crippen molar-refractivity contribution in [3.8, 4) is 0 Å². The predicted molar refractivity (Wildman–Crippen MR) is 72.5 cm³/mol. The summed E-state index contributed by atoms with van der Waals surface area (Å²) in [6.45, 7) is 3.44. The number of oxazole rings is 1. The highest BCUT2D eigenvalue weighted by molar-refractivity contribution is 5.79. The highest BCUT2D eigenvalue weighted by atomic mass is 16.4. The molecule has 2 N–H and O–H groups in total. The summed E-state index contributed by atoms with van der Waals surface area (Å²) in [6, 6.07) is 4.01. The van der Waals surface area contributed by atoms with Crippen molar-refractivity contribution in [1.82, 2.24) is 20.3 Å². The van der Waals surface area contributed by atoms with E-state index in [0.717, 1.165) is 35.6 Å². The van der Waals surface area contributed by atoms with E-state index in [1.54, 1.807) is 12.4 Å². The zero-order valence-corrected chi connectivity index (χ0v) is 10.8. The van der Waals surface area contributed by atoms with Gasteiger partial charge in [0.1, 0.15) is 11.4 Å². The normalized spacial score (nSPS) is 11.2. The Labute approximate surface area is 111 Å². The molecule has 0 aliphatic rings. The van der Waals surface area contributed by atoms with E-state index in [1.807, 2.05) is 12.3 Å². The van der Waals surface area contributed by atoms with E-state index in [2.05, 4.69) is 33.3 Å². The largest absolute Gasteiger partial charge is 0.444 e. The lowest BCUT2D eigenvalue weighted by Gasteiger charge is -2.00. The van der Waals surface area contributed by atoms with E-state index in [-0.39, 0.29) is 0 Å². The van der Waals surface area contributed by atoms with Gasteiger partial charge in [0.15, 0.2) is 0 Å². The lowest BCUT2D eigenvalue weighted by atomic mass is 10.2. The van der Waals surface area contributed by atoms with Crippen molar-refractivity contribution in [2.45, 2.75) is 26.4 Å². The number of hydrogen-bond acceptors (Lipinski definition) is 4. The van der Waals surface area contributed by atoms with E-state index in [1.165, 1.54) is 5.56 Å². The van der Waals surface area contributed by atoms with E-state index in [9.17, 15) is 0 Å². The average Bonchev–Trinajstić information content (AvgIpc) is 3.06. The summed E-state index contributed by atoms with van der Waals surface area (Å²) >= 11 is 0. The Hall–Kier alpha value is -2.14. The van der Waals surface area contributed by atoms with Crippen molar-refractivity contribution in [2.75, 3.05) is 0 Å². The maximum atomic E-state index is 5.55. The molecule has 0 amide bonds. The van der Waals surface area contributed by atoms with Crippen molar-refractivity contribution in [3.63, 3.8) is 0 Å². The first-order chi connectivity index (χ1) is 9.36. The number of aryl methyl sites for hydroxylation is 1. The smallest absolute Gasteiger partial charge is 0.208 e. The molecule has 0 spiro atoms. The average molecular weight is 256 g/mol. The fraction of sp³-hybridized carbons (Fsp3) is 0.286. The third-order valence-electron chi connectivity index (χ3n) is 3.08. The molecule has 3 aromatic heterocycles. The van der Waals surface area contributed by atoms with Crippen LogP contribution in [-0.4, -0.2) is 15.0 Å². The second-order valence-electron chi connectivity index (χ2n) is 4.39. The summed E-state index contributed by atoms with van der Waals surface area (Å²) in [6.07, 6.45) is 6.43. The van der Waals surface area contributed by atoms with Gasteiger partial charge in [-0.25, -0.2) is 9.97 Å². The van der Waals surface area contributed by atoms with Gasteiger partial charge in [-0.1, -0.05) is 6.92 Å². The number of hydrogen-bond donors (Lipinski definition) is 2. The summed E-state index contributed by atoms with van der Waals surface area (Å²) in [4.78, 5) is 11.6. The fourth-order valence-electron chi connectivity index (χ4n) is 2.06.